The maximum atomic E-state index is 12.0. The number of morpholine rings is 1. The van der Waals surface area contributed by atoms with Crippen LogP contribution in [-0.4, -0.2) is 45.3 Å². The standard InChI is InChI=1S/C15H22N2O2/c1-12-9-13(2)11-14(10-12)15(18)16-3-4-17-5-7-19-8-6-17/h9-11H,3-8H2,1-2H3,(H,16,18)/p+1. The Bertz CT molecular complexity index is 420. The molecule has 2 N–H and O–H groups in total. The summed E-state index contributed by atoms with van der Waals surface area (Å²) in [6, 6.07) is 5.95. The van der Waals surface area contributed by atoms with E-state index in [1.807, 2.05) is 26.0 Å². The van der Waals surface area contributed by atoms with Gasteiger partial charge in [0.25, 0.3) is 5.91 Å². The van der Waals surface area contributed by atoms with Crippen LogP contribution in [0.25, 0.3) is 0 Å². The van der Waals surface area contributed by atoms with E-state index >= 15 is 0 Å². The van der Waals surface area contributed by atoms with E-state index in [0.29, 0.717) is 0 Å². The summed E-state index contributed by atoms with van der Waals surface area (Å²) < 4.78 is 5.31. The summed E-state index contributed by atoms with van der Waals surface area (Å²) in [5, 5.41) is 3.00. The van der Waals surface area contributed by atoms with Crippen molar-refractivity contribution < 1.29 is 14.4 Å². The van der Waals surface area contributed by atoms with Crippen molar-refractivity contribution in [1.82, 2.24) is 5.32 Å². The first-order valence-corrected chi connectivity index (χ1v) is 6.93. The molecule has 19 heavy (non-hydrogen) atoms. The zero-order valence-electron chi connectivity index (χ0n) is 11.8. The Labute approximate surface area is 114 Å². The second-order valence-electron chi connectivity index (χ2n) is 5.24. The Morgan fingerprint density at radius 1 is 1.21 bits per heavy atom. The number of rotatable bonds is 4. The van der Waals surface area contributed by atoms with E-state index < -0.39 is 0 Å². The number of ether oxygens (including phenoxy) is 1. The molecule has 4 heteroatoms. The fourth-order valence-corrected chi connectivity index (χ4v) is 2.47. The van der Waals surface area contributed by atoms with Crippen molar-refractivity contribution in [2.75, 3.05) is 39.4 Å². The Morgan fingerprint density at radius 3 is 2.47 bits per heavy atom. The fourth-order valence-electron chi connectivity index (χ4n) is 2.47. The average molecular weight is 263 g/mol. The second kappa shape index (κ2) is 6.68. The van der Waals surface area contributed by atoms with Crippen molar-refractivity contribution in [3.05, 3.63) is 34.9 Å². The van der Waals surface area contributed by atoms with Crippen LogP contribution in [0.4, 0.5) is 0 Å². The van der Waals surface area contributed by atoms with Crippen LogP contribution in [0.15, 0.2) is 18.2 Å². The molecule has 4 nitrogen and oxygen atoms in total. The van der Waals surface area contributed by atoms with Crippen LogP contribution in [0.2, 0.25) is 0 Å². The van der Waals surface area contributed by atoms with Crippen LogP contribution in [0, 0.1) is 13.8 Å². The predicted molar refractivity (Wildman–Crippen MR) is 74.6 cm³/mol. The van der Waals surface area contributed by atoms with Gasteiger partial charge in [-0.2, -0.15) is 0 Å². The molecule has 1 heterocycles. The molecule has 1 saturated heterocycles. The van der Waals surface area contributed by atoms with Gasteiger partial charge in [0.1, 0.15) is 13.1 Å². The Morgan fingerprint density at radius 2 is 1.84 bits per heavy atom. The van der Waals surface area contributed by atoms with Crippen LogP contribution in [0.3, 0.4) is 0 Å². The minimum Gasteiger partial charge on any atom is -0.370 e. The van der Waals surface area contributed by atoms with E-state index in [-0.39, 0.29) is 5.91 Å². The summed E-state index contributed by atoms with van der Waals surface area (Å²) in [5.41, 5.74) is 3.02. The van der Waals surface area contributed by atoms with Gasteiger partial charge >= 0.3 is 0 Å². The highest BCUT2D eigenvalue weighted by atomic mass is 16.5. The van der Waals surface area contributed by atoms with E-state index in [4.69, 9.17) is 4.74 Å². The molecule has 0 saturated carbocycles. The summed E-state index contributed by atoms with van der Waals surface area (Å²) in [4.78, 5) is 13.6. The number of hydrogen-bond donors (Lipinski definition) is 2. The van der Waals surface area contributed by atoms with Gasteiger partial charge < -0.3 is 15.0 Å². The van der Waals surface area contributed by atoms with E-state index in [9.17, 15) is 4.79 Å². The Balaban J connectivity index is 1.80. The van der Waals surface area contributed by atoms with Crippen LogP contribution >= 0.6 is 0 Å². The fraction of sp³-hybridized carbons (Fsp3) is 0.533. The lowest BCUT2D eigenvalue weighted by Gasteiger charge is -2.23. The number of quaternary nitrogens is 1. The summed E-state index contributed by atoms with van der Waals surface area (Å²) in [6.07, 6.45) is 0. The Kier molecular flexibility index (Phi) is 4.93. The summed E-state index contributed by atoms with van der Waals surface area (Å²) >= 11 is 0. The topological polar surface area (TPSA) is 42.8 Å². The molecule has 1 aliphatic heterocycles. The molecule has 1 aromatic rings. The van der Waals surface area contributed by atoms with Gasteiger partial charge in [0.15, 0.2) is 0 Å². The molecule has 1 amide bonds. The molecule has 0 atom stereocenters. The number of nitrogens with one attached hydrogen (secondary N) is 2. The quantitative estimate of drug-likeness (QED) is 0.800. The lowest BCUT2D eigenvalue weighted by atomic mass is 10.1. The molecule has 0 aromatic heterocycles. The van der Waals surface area contributed by atoms with Crippen LogP contribution < -0.4 is 10.2 Å². The first-order valence-electron chi connectivity index (χ1n) is 6.93. The number of aryl methyl sites for hydroxylation is 2. The minimum absolute atomic E-state index is 0.0273. The molecule has 0 bridgehead atoms. The van der Waals surface area contributed by atoms with E-state index in [2.05, 4.69) is 11.4 Å². The number of carbonyl (C=O) groups is 1. The van der Waals surface area contributed by atoms with Gasteiger partial charge in [-0.3, -0.25) is 4.79 Å². The highest BCUT2D eigenvalue weighted by Crippen LogP contribution is 2.08. The van der Waals surface area contributed by atoms with E-state index in [1.54, 1.807) is 0 Å². The number of hydrogen-bond acceptors (Lipinski definition) is 2. The van der Waals surface area contributed by atoms with Crippen LogP contribution in [0.1, 0.15) is 21.5 Å². The van der Waals surface area contributed by atoms with Crippen molar-refractivity contribution in [2.24, 2.45) is 0 Å². The zero-order chi connectivity index (χ0) is 13.7. The monoisotopic (exact) mass is 263 g/mol. The number of carbonyl (C=O) groups excluding carboxylic acids is 1. The van der Waals surface area contributed by atoms with E-state index in [0.717, 1.165) is 56.1 Å². The third kappa shape index (κ3) is 4.33. The molecule has 0 radical (unpaired) electrons. The van der Waals surface area contributed by atoms with E-state index in [1.165, 1.54) is 4.90 Å². The average Bonchev–Trinajstić information content (AvgIpc) is 2.38. The third-order valence-corrected chi connectivity index (χ3v) is 3.45. The van der Waals surface area contributed by atoms with Gasteiger partial charge in [-0.05, 0) is 26.0 Å². The molecule has 0 unspecified atom stereocenters. The third-order valence-electron chi connectivity index (χ3n) is 3.45. The summed E-state index contributed by atoms with van der Waals surface area (Å²) in [7, 11) is 0. The summed E-state index contributed by atoms with van der Waals surface area (Å²) in [6.45, 7) is 9.48. The van der Waals surface area contributed by atoms with Crippen LogP contribution in [-0.2, 0) is 4.74 Å². The molecule has 104 valence electrons. The molecule has 0 spiro atoms. The summed E-state index contributed by atoms with van der Waals surface area (Å²) in [5.74, 6) is 0.0273. The Hall–Kier alpha value is -1.39. The maximum Gasteiger partial charge on any atom is 0.251 e. The minimum atomic E-state index is 0.0273. The largest absolute Gasteiger partial charge is 0.370 e. The molecule has 1 aliphatic rings. The van der Waals surface area contributed by atoms with Crippen molar-refractivity contribution in [2.45, 2.75) is 13.8 Å². The lowest BCUT2D eigenvalue weighted by molar-refractivity contribution is -0.906. The highest BCUT2D eigenvalue weighted by molar-refractivity contribution is 5.94. The molecule has 1 aromatic carbocycles. The van der Waals surface area contributed by atoms with Crippen molar-refractivity contribution in [1.29, 1.82) is 0 Å². The van der Waals surface area contributed by atoms with Crippen molar-refractivity contribution in [3.8, 4) is 0 Å². The first-order chi connectivity index (χ1) is 9.15. The molecule has 0 aliphatic carbocycles. The lowest BCUT2D eigenvalue weighted by Crippen LogP contribution is -3.14. The second-order valence-corrected chi connectivity index (χ2v) is 5.24. The van der Waals surface area contributed by atoms with Gasteiger partial charge in [0, 0.05) is 5.56 Å². The van der Waals surface area contributed by atoms with Gasteiger partial charge in [-0.15, -0.1) is 0 Å². The number of benzene rings is 1. The normalized spacial score (nSPS) is 16.3. The number of amides is 1. The van der Waals surface area contributed by atoms with Crippen molar-refractivity contribution >= 4 is 5.91 Å². The maximum absolute atomic E-state index is 12.0. The predicted octanol–water partition coefficient (Wildman–Crippen LogP) is -0.0517. The molecular formula is C15H23N2O2+. The van der Waals surface area contributed by atoms with Crippen LogP contribution in [0.5, 0.6) is 0 Å². The molecule has 1 fully saturated rings. The molecular weight excluding hydrogens is 240 g/mol. The van der Waals surface area contributed by atoms with Gasteiger partial charge in [0.05, 0.1) is 26.3 Å². The smallest absolute Gasteiger partial charge is 0.251 e. The molecule has 2 rings (SSSR count). The van der Waals surface area contributed by atoms with Gasteiger partial charge in [-0.25, -0.2) is 0 Å². The van der Waals surface area contributed by atoms with Crippen molar-refractivity contribution in [3.63, 3.8) is 0 Å². The van der Waals surface area contributed by atoms with Gasteiger partial charge in [0.2, 0.25) is 0 Å². The highest BCUT2D eigenvalue weighted by Gasteiger charge is 2.14. The zero-order valence-corrected chi connectivity index (χ0v) is 11.8. The SMILES string of the molecule is Cc1cc(C)cc(C(=O)NCC[NH+]2CCOCC2)c1. The first kappa shape index (κ1) is 14.0. The van der Waals surface area contributed by atoms with Gasteiger partial charge in [-0.1, -0.05) is 17.2 Å².